The minimum absolute atomic E-state index is 0.00212. The summed E-state index contributed by atoms with van der Waals surface area (Å²) < 4.78 is 6.31. The molecule has 1 N–H and O–H groups in total. The zero-order valence-electron chi connectivity index (χ0n) is 13.8. The molecular weight excluding hydrogens is 234 g/mol. The number of hydrogen-bond acceptors (Lipinski definition) is 2. The van der Waals surface area contributed by atoms with E-state index in [0.29, 0.717) is 12.0 Å². The van der Waals surface area contributed by atoms with Crippen LogP contribution in [0.1, 0.15) is 66.7 Å². The monoisotopic (exact) mass is 267 g/mol. The molecule has 2 nitrogen and oxygen atoms in total. The lowest BCUT2D eigenvalue weighted by Gasteiger charge is -2.40. The standard InChI is InChI=1S/C17H33NO/c1-12-8-7-9-13(10-12)15(18-6)14-11-16(2,3)19-17(14,4)5/h12-15,18H,7-11H2,1-6H3. The van der Waals surface area contributed by atoms with Gasteiger partial charge in [-0.2, -0.15) is 0 Å². The van der Waals surface area contributed by atoms with Gasteiger partial charge in [0.25, 0.3) is 0 Å². The first-order valence-corrected chi connectivity index (χ1v) is 8.12. The molecule has 0 bridgehead atoms. The van der Waals surface area contributed by atoms with Crippen LogP contribution in [0.4, 0.5) is 0 Å². The van der Waals surface area contributed by atoms with Gasteiger partial charge in [0.2, 0.25) is 0 Å². The molecule has 0 aromatic rings. The van der Waals surface area contributed by atoms with Crippen molar-refractivity contribution in [3.63, 3.8) is 0 Å². The van der Waals surface area contributed by atoms with E-state index in [0.717, 1.165) is 11.8 Å². The zero-order chi connectivity index (χ0) is 14.3. The fourth-order valence-electron chi connectivity index (χ4n) is 4.74. The molecule has 4 atom stereocenters. The second-order valence-electron chi connectivity index (χ2n) is 8.12. The Bertz CT molecular complexity index is 310. The van der Waals surface area contributed by atoms with Gasteiger partial charge in [0.15, 0.2) is 0 Å². The van der Waals surface area contributed by atoms with Gasteiger partial charge in [-0.25, -0.2) is 0 Å². The Hall–Kier alpha value is -0.0800. The van der Waals surface area contributed by atoms with Crippen LogP contribution in [0.5, 0.6) is 0 Å². The molecule has 1 saturated carbocycles. The van der Waals surface area contributed by atoms with Gasteiger partial charge < -0.3 is 10.1 Å². The summed E-state index contributed by atoms with van der Waals surface area (Å²) in [4.78, 5) is 0. The molecule has 2 heteroatoms. The van der Waals surface area contributed by atoms with E-state index < -0.39 is 0 Å². The molecule has 1 saturated heterocycles. The molecule has 0 aromatic heterocycles. The van der Waals surface area contributed by atoms with Gasteiger partial charge in [0.1, 0.15) is 0 Å². The minimum Gasteiger partial charge on any atom is -0.369 e. The van der Waals surface area contributed by atoms with Crippen LogP contribution >= 0.6 is 0 Å². The Morgan fingerprint density at radius 1 is 1.16 bits per heavy atom. The van der Waals surface area contributed by atoms with E-state index in [2.05, 4.69) is 47.0 Å². The van der Waals surface area contributed by atoms with E-state index in [4.69, 9.17) is 4.74 Å². The van der Waals surface area contributed by atoms with Crippen molar-refractivity contribution in [2.75, 3.05) is 7.05 Å². The van der Waals surface area contributed by atoms with Gasteiger partial charge in [-0.1, -0.05) is 19.8 Å². The smallest absolute Gasteiger partial charge is 0.0677 e. The van der Waals surface area contributed by atoms with Crippen LogP contribution in [0.2, 0.25) is 0 Å². The Kier molecular flexibility index (Phi) is 4.32. The van der Waals surface area contributed by atoms with Crippen molar-refractivity contribution in [2.24, 2.45) is 17.8 Å². The second-order valence-corrected chi connectivity index (χ2v) is 8.12. The molecule has 1 aliphatic carbocycles. The SMILES string of the molecule is CNC(C1CCCC(C)C1)C1CC(C)(C)OC1(C)C. The van der Waals surface area contributed by atoms with Gasteiger partial charge in [-0.3, -0.25) is 0 Å². The van der Waals surface area contributed by atoms with Crippen LogP contribution in [0.25, 0.3) is 0 Å². The summed E-state index contributed by atoms with van der Waals surface area (Å²) in [5.41, 5.74) is 0.0292. The molecule has 0 radical (unpaired) electrons. The Balaban J connectivity index is 2.13. The summed E-state index contributed by atoms with van der Waals surface area (Å²) in [6, 6.07) is 0.611. The Labute approximate surface area is 119 Å². The van der Waals surface area contributed by atoms with E-state index in [1.54, 1.807) is 0 Å². The lowest BCUT2D eigenvalue weighted by atomic mass is 9.70. The van der Waals surface area contributed by atoms with E-state index in [1.807, 2.05) is 0 Å². The molecule has 0 spiro atoms. The number of hydrogen-bond donors (Lipinski definition) is 1. The summed E-state index contributed by atoms with van der Waals surface area (Å²) in [7, 11) is 2.14. The largest absolute Gasteiger partial charge is 0.369 e. The Morgan fingerprint density at radius 2 is 1.84 bits per heavy atom. The summed E-state index contributed by atoms with van der Waals surface area (Å²) in [5, 5.41) is 3.65. The molecule has 1 aliphatic heterocycles. The van der Waals surface area contributed by atoms with Crippen molar-refractivity contribution in [1.29, 1.82) is 0 Å². The summed E-state index contributed by atoms with van der Waals surface area (Å²) in [5.74, 6) is 2.35. The fraction of sp³-hybridized carbons (Fsp3) is 1.00. The average molecular weight is 267 g/mol. The van der Waals surface area contributed by atoms with Gasteiger partial charge in [-0.15, -0.1) is 0 Å². The molecule has 0 amide bonds. The van der Waals surface area contributed by atoms with Crippen LogP contribution in [-0.2, 0) is 4.74 Å². The molecule has 19 heavy (non-hydrogen) atoms. The molecule has 2 rings (SSSR count). The molecule has 2 aliphatic rings. The lowest BCUT2D eigenvalue weighted by molar-refractivity contribution is -0.0802. The van der Waals surface area contributed by atoms with Crippen LogP contribution in [0, 0.1) is 17.8 Å². The molecule has 112 valence electrons. The summed E-state index contributed by atoms with van der Waals surface area (Å²) in [6.45, 7) is 11.5. The minimum atomic E-state index is -0.00212. The predicted molar refractivity (Wildman–Crippen MR) is 81.3 cm³/mol. The Morgan fingerprint density at radius 3 is 2.32 bits per heavy atom. The second kappa shape index (κ2) is 5.37. The maximum absolute atomic E-state index is 6.31. The normalized spacial score (nSPS) is 39.2. The maximum atomic E-state index is 6.31. The quantitative estimate of drug-likeness (QED) is 0.834. The van der Waals surface area contributed by atoms with E-state index in [1.165, 1.54) is 32.1 Å². The number of ether oxygens (including phenoxy) is 1. The van der Waals surface area contributed by atoms with E-state index >= 15 is 0 Å². The third kappa shape index (κ3) is 3.33. The van der Waals surface area contributed by atoms with Gasteiger partial charge >= 0.3 is 0 Å². The first-order valence-electron chi connectivity index (χ1n) is 8.12. The number of rotatable bonds is 3. The predicted octanol–water partition coefficient (Wildman–Crippen LogP) is 3.99. The topological polar surface area (TPSA) is 21.3 Å². The zero-order valence-corrected chi connectivity index (χ0v) is 13.8. The van der Waals surface area contributed by atoms with E-state index in [-0.39, 0.29) is 11.2 Å². The lowest BCUT2D eigenvalue weighted by Crippen LogP contribution is -2.48. The summed E-state index contributed by atoms with van der Waals surface area (Å²) in [6.07, 6.45) is 6.78. The maximum Gasteiger partial charge on any atom is 0.0677 e. The van der Waals surface area contributed by atoms with Gasteiger partial charge in [-0.05, 0) is 65.8 Å². The third-order valence-electron chi connectivity index (χ3n) is 5.40. The molecule has 4 unspecified atom stereocenters. The summed E-state index contributed by atoms with van der Waals surface area (Å²) >= 11 is 0. The van der Waals surface area contributed by atoms with Crippen molar-refractivity contribution >= 4 is 0 Å². The van der Waals surface area contributed by atoms with Crippen molar-refractivity contribution < 1.29 is 4.74 Å². The fourth-order valence-corrected chi connectivity index (χ4v) is 4.74. The van der Waals surface area contributed by atoms with E-state index in [9.17, 15) is 0 Å². The van der Waals surface area contributed by atoms with Crippen LogP contribution in [0.15, 0.2) is 0 Å². The third-order valence-corrected chi connectivity index (χ3v) is 5.40. The van der Waals surface area contributed by atoms with Crippen LogP contribution in [-0.4, -0.2) is 24.3 Å². The van der Waals surface area contributed by atoms with Gasteiger partial charge in [0, 0.05) is 12.0 Å². The first-order chi connectivity index (χ1) is 8.75. The molecule has 1 heterocycles. The van der Waals surface area contributed by atoms with Crippen LogP contribution < -0.4 is 5.32 Å². The average Bonchev–Trinajstić information content (AvgIpc) is 2.48. The van der Waals surface area contributed by atoms with Crippen molar-refractivity contribution in [3.8, 4) is 0 Å². The van der Waals surface area contributed by atoms with Crippen LogP contribution in [0.3, 0.4) is 0 Å². The molecule has 0 aromatic carbocycles. The highest BCUT2D eigenvalue weighted by Gasteiger charge is 2.50. The first kappa shape index (κ1) is 15.3. The van der Waals surface area contributed by atoms with Crippen molar-refractivity contribution in [1.82, 2.24) is 5.32 Å². The highest BCUT2D eigenvalue weighted by molar-refractivity contribution is 5.01. The highest BCUT2D eigenvalue weighted by atomic mass is 16.5. The van der Waals surface area contributed by atoms with Crippen molar-refractivity contribution in [3.05, 3.63) is 0 Å². The molecular formula is C17H33NO. The number of nitrogens with one attached hydrogen (secondary N) is 1. The molecule has 2 fully saturated rings. The highest BCUT2D eigenvalue weighted by Crippen LogP contribution is 2.46. The van der Waals surface area contributed by atoms with Crippen molar-refractivity contribution in [2.45, 2.75) is 84.0 Å². The van der Waals surface area contributed by atoms with Gasteiger partial charge in [0.05, 0.1) is 11.2 Å².